The molecule has 24 heavy (non-hydrogen) atoms. The number of imidazole rings is 2. The van der Waals surface area contributed by atoms with Crippen LogP contribution in [-0.4, -0.2) is 29.1 Å². The van der Waals surface area contributed by atoms with Crippen LogP contribution in [0.5, 0.6) is 0 Å². The van der Waals surface area contributed by atoms with Gasteiger partial charge in [0.15, 0.2) is 11.5 Å². The van der Waals surface area contributed by atoms with E-state index in [0.717, 1.165) is 31.3 Å². The average molecular weight is 328 g/mol. The van der Waals surface area contributed by atoms with Crippen molar-refractivity contribution in [2.24, 2.45) is 0 Å². The van der Waals surface area contributed by atoms with Gasteiger partial charge in [0.2, 0.25) is 0 Å². The van der Waals surface area contributed by atoms with E-state index in [1.54, 1.807) is 10.9 Å². The summed E-state index contributed by atoms with van der Waals surface area (Å²) in [6.45, 7) is 8.42. The molecule has 0 saturated heterocycles. The van der Waals surface area contributed by atoms with Gasteiger partial charge in [-0.3, -0.25) is 4.57 Å². The molecule has 0 spiro atoms. The summed E-state index contributed by atoms with van der Waals surface area (Å²) in [4.78, 5) is 30.0. The molecule has 0 aromatic carbocycles. The Morgan fingerprint density at radius 3 is 2.46 bits per heavy atom. The fraction of sp³-hybridized carbons (Fsp3) is 0.588. The molecule has 3 rings (SSSR count). The molecule has 0 saturated carbocycles. The predicted octanol–water partition coefficient (Wildman–Crippen LogP) is 3.21. The molecule has 3 heterocycles. The Labute approximate surface area is 141 Å². The first-order valence-corrected chi connectivity index (χ1v) is 8.68. The summed E-state index contributed by atoms with van der Waals surface area (Å²) in [5, 5.41) is 0. The molecule has 2 unspecified atom stereocenters. The van der Waals surface area contributed by atoms with Gasteiger partial charge in [-0.05, 0) is 26.7 Å². The second kappa shape index (κ2) is 6.67. The highest BCUT2D eigenvalue weighted by molar-refractivity contribution is 5.85. The lowest BCUT2D eigenvalue weighted by atomic mass is 10.2. The van der Waals surface area contributed by atoms with E-state index in [1.807, 2.05) is 11.5 Å². The molecular weight excluding hydrogens is 304 g/mol. The standard InChI is InChI=1S/C17H24N6O/c1-5-7-11(3)22-10-20-13-14-16(19-9-18-15(13)22)23(17(24)21-14)12(4)8-6-2/h9-12H,5-8H2,1-4H3. The number of hydrogen-bond donors (Lipinski definition) is 0. The van der Waals surface area contributed by atoms with Crippen LogP contribution in [0, 0.1) is 0 Å². The molecule has 1 aromatic heterocycles. The zero-order valence-electron chi connectivity index (χ0n) is 14.7. The first kappa shape index (κ1) is 16.5. The molecule has 0 fully saturated rings. The summed E-state index contributed by atoms with van der Waals surface area (Å²) in [6.07, 6.45) is 7.32. The van der Waals surface area contributed by atoms with Crippen LogP contribution in [0.1, 0.15) is 65.5 Å². The van der Waals surface area contributed by atoms with E-state index < -0.39 is 0 Å². The molecule has 0 bridgehead atoms. The fourth-order valence-corrected chi connectivity index (χ4v) is 3.30. The van der Waals surface area contributed by atoms with Crippen molar-refractivity contribution in [3.63, 3.8) is 0 Å². The van der Waals surface area contributed by atoms with Crippen LogP contribution < -0.4 is 5.69 Å². The summed E-state index contributed by atoms with van der Waals surface area (Å²) in [5.41, 5.74) is 1.65. The van der Waals surface area contributed by atoms with Crippen LogP contribution in [0.15, 0.2) is 17.4 Å². The molecule has 0 radical (unpaired) electrons. The van der Waals surface area contributed by atoms with Crippen molar-refractivity contribution in [2.75, 3.05) is 0 Å². The Hall–Kier alpha value is -2.31. The van der Waals surface area contributed by atoms with Crippen molar-refractivity contribution in [3.05, 3.63) is 23.1 Å². The Morgan fingerprint density at radius 1 is 1.04 bits per heavy atom. The van der Waals surface area contributed by atoms with Crippen LogP contribution in [0.3, 0.4) is 0 Å². The van der Waals surface area contributed by atoms with Gasteiger partial charge in [-0.15, -0.1) is 0 Å². The van der Waals surface area contributed by atoms with E-state index in [4.69, 9.17) is 0 Å². The van der Waals surface area contributed by atoms with Crippen molar-refractivity contribution in [1.82, 2.24) is 29.1 Å². The summed E-state index contributed by atoms with van der Waals surface area (Å²) in [6, 6.07) is 0.344. The third-order valence-electron chi connectivity index (χ3n) is 4.53. The summed E-state index contributed by atoms with van der Waals surface area (Å²) < 4.78 is 3.70. The lowest BCUT2D eigenvalue weighted by molar-refractivity contribution is 0.489. The van der Waals surface area contributed by atoms with E-state index in [0.29, 0.717) is 17.0 Å². The van der Waals surface area contributed by atoms with Gasteiger partial charge in [0.25, 0.3) is 0 Å². The minimum atomic E-state index is -0.262. The van der Waals surface area contributed by atoms with E-state index in [9.17, 15) is 4.79 Å². The topological polar surface area (TPSA) is 78.5 Å². The average Bonchev–Trinajstić information content (AvgIpc) is 3.05. The van der Waals surface area contributed by atoms with E-state index in [2.05, 4.69) is 40.7 Å². The molecule has 2 atom stereocenters. The van der Waals surface area contributed by atoms with Crippen LogP contribution >= 0.6 is 0 Å². The number of fused-ring (bicyclic) bond motifs is 3. The van der Waals surface area contributed by atoms with Crippen LogP contribution in [0.4, 0.5) is 0 Å². The van der Waals surface area contributed by atoms with Crippen molar-refractivity contribution in [2.45, 2.75) is 65.5 Å². The molecule has 1 aromatic rings. The maximum atomic E-state index is 12.4. The summed E-state index contributed by atoms with van der Waals surface area (Å²) in [7, 11) is 0. The zero-order chi connectivity index (χ0) is 17.3. The van der Waals surface area contributed by atoms with Gasteiger partial charge in [-0.2, -0.15) is 4.98 Å². The molecule has 2 aliphatic heterocycles. The first-order chi connectivity index (χ1) is 11.6. The van der Waals surface area contributed by atoms with Gasteiger partial charge in [-0.25, -0.2) is 19.7 Å². The van der Waals surface area contributed by atoms with Crippen LogP contribution in [0.2, 0.25) is 0 Å². The van der Waals surface area contributed by atoms with Crippen molar-refractivity contribution >= 4 is 11.2 Å². The first-order valence-electron chi connectivity index (χ1n) is 8.68. The number of nitrogens with zero attached hydrogens (tertiary/aromatic N) is 6. The maximum Gasteiger partial charge on any atom is 0.350 e. The van der Waals surface area contributed by atoms with Gasteiger partial charge in [-0.1, -0.05) is 26.7 Å². The molecule has 2 aliphatic rings. The monoisotopic (exact) mass is 328 g/mol. The van der Waals surface area contributed by atoms with Crippen molar-refractivity contribution in [3.8, 4) is 11.5 Å². The summed E-state index contributed by atoms with van der Waals surface area (Å²) >= 11 is 0. The van der Waals surface area contributed by atoms with Gasteiger partial charge in [0.1, 0.15) is 17.5 Å². The molecule has 7 heteroatoms. The predicted molar refractivity (Wildman–Crippen MR) is 93.2 cm³/mol. The third-order valence-corrected chi connectivity index (χ3v) is 4.53. The van der Waals surface area contributed by atoms with Crippen molar-refractivity contribution < 1.29 is 0 Å². The maximum absolute atomic E-state index is 12.4. The highest BCUT2D eigenvalue weighted by Crippen LogP contribution is 2.27. The van der Waals surface area contributed by atoms with E-state index >= 15 is 0 Å². The number of rotatable bonds is 6. The Balaban J connectivity index is 2.19. The van der Waals surface area contributed by atoms with Gasteiger partial charge in [0.05, 0.1) is 6.33 Å². The lowest BCUT2D eigenvalue weighted by Crippen LogP contribution is -2.20. The van der Waals surface area contributed by atoms with Crippen LogP contribution in [0.25, 0.3) is 22.7 Å². The Morgan fingerprint density at radius 2 is 1.75 bits per heavy atom. The molecular formula is C17H24N6O. The molecule has 7 nitrogen and oxygen atoms in total. The SMILES string of the molecule is CCCC(C)n1c2ncnc3c(ncn3C(C)CCC)c-2nc1=O. The molecule has 0 aliphatic carbocycles. The van der Waals surface area contributed by atoms with E-state index in [1.165, 1.54) is 6.33 Å². The van der Waals surface area contributed by atoms with Gasteiger partial charge < -0.3 is 4.57 Å². The quantitative estimate of drug-likeness (QED) is 0.694. The fourth-order valence-electron chi connectivity index (χ4n) is 3.30. The highest BCUT2D eigenvalue weighted by Gasteiger charge is 2.24. The minimum absolute atomic E-state index is 0.0542. The Bertz CT molecular complexity index is 867. The number of aromatic nitrogens is 6. The normalized spacial score (nSPS) is 14.3. The molecule has 0 N–H and O–H groups in total. The van der Waals surface area contributed by atoms with Crippen molar-refractivity contribution in [1.29, 1.82) is 0 Å². The molecule has 128 valence electrons. The van der Waals surface area contributed by atoms with E-state index in [-0.39, 0.29) is 17.8 Å². The minimum Gasteiger partial charge on any atom is -0.312 e. The molecule has 0 amide bonds. The smallest absolute Gasteiger partial charge is 0.312 e. The highest BCUT2D eigenvalue weighted by atomic mass is 16.1. The lowest BCUT2D eigenvalue weighted by Gasteiger charge is -2.11. The third kappa shape index (κ3) is 2.68. The zero-order valence-corrected chi connectivity index (χ0v) is 14.7. The van der Waals surface area contributed by atoms with Crippen LogP contribution in [-0.2, 0) is 0 Å². The second-order valence-electron chi connectivity index (χ2n) is 6.41. The largest absolute Gasteiger partial charge is 0.350 e. The van der Waals surface area contributed by atoms with Gasteiger partial charge >= 0.3 is 5.69 Å². The summed E-state index contributed by atoms with van der Waals surface area (Å²) in [5.74, 6) is 0.567. The number of hydrogen-bond acceptors (Lipinski definition) is 5. The second-order valence-corrected chi connectivity index (χ2v) is 6.41. The van der Waals surface area contributed by atoms with Gasteiger partial charge in [0, 0.05) is 12.1 Å². The Kier molecular flexibility index (Phi) is 4.59.